The summed E-state index contributed by atoms with van der Waals surface area (Å²) >= 11 is 12.1. The molecule has 0 heterocycles. The Morgan fingerprint density at radius 1 is 1.24 bits per heavy atom. The van der Waals surface area contributed by atoms with Gasteiger partial charge in [-0.25, -0.2) is 10.9 Å². The minimum atomic E-state index is -1.04. The number of benzene rings is 1. The molecule has 1 aromatic carbocycles. The van der Waals surface area contributed by atoms with Gasteiger partial charge in [0.15, 0.2) is 0 Å². The van der Waals surface area contributed by atoms with E-state index >= 15 is 0 Å². The number of nitrogens with one attached hydrogen (secondary N) is 1. The Kier molecular flexibility index (Phi) is 10.2. The average Bonchev–Trinajstić information content (AvgIpc) is 2.69. The molecule has 158 valence electrons. The normalized spacial score (nSPS) is 11.3. The van der Waals surface area contributed by atoms with E-state index in [0.29, 0.717) is 12.1 Å². The SMILES string of the molecule is C=C(OCCCNC(=O)CCC(=O)O)/C(Cl)=C(/Cl)C(=O)N(N)c1cccc(C)c1. The van der Waals surface area contributed by atoms with Crippen LogP contribution in [0.4, 0.5) is 5.69 Å². The third-order valence-corrected chi connectivity index (χ3v) is 4.46. The maximum Gasteiger partial charge on any atom is 0.303 e. The Morgan fingerprint density at radius 2 is 1.93 bits per heavy atom. The van der Waals surface area contributed by atoms with E-state index in [-0.39, 0.29) is 47.7 Å². The molecule has 1 rings (SSSR count). The fourth-order valence-corrected chi connectivity index (χ4v) is 2.42. The molecule has 0 saturated carbocycles. The zero-order chi connectivity index (χ0) is 22.0. The molecule has 0 saturated heterocycles. The van der Waals surface area contributed by atoms with Gasteiger partial charge in [-0.2, -0.15) is 0 Å². The van der Waals surface area contributed by atoms with E-state index in [2.05, 4.69) is 11.9 Å². The Hall–Kier alpha value is -2.55. The van der Waals surface area contributed by atoms with Crippen molar-refractivity contribution in [3.05, 3.63) is 52.2 Å². The highest BCUT2D eigenvalue weighted by Crippen LogP contribution is 2.25. The molecule has 0 radical (unpaired) electrons. The van der Waals surface area contributed by atoms with Crippen LogP contribution < -0.4 is 16.2 Å². The third-order valence-electron chi connectivity index (χ3n) is 3.61. The van der Waals surface area contributed by atoms with Crippen molar-refractivity contribution in [2.75, 3.05) is 18.2 Å². The van der Waals surface area contributed by atoms with Crippen molar-refractivity contribution in [3.63, 3.8) is 0 Å². The van der Waals surface area contributed by atoms with E-state index in [9.17, 15) is 14.4 Å². The number of carboxylic acid groups (broad SMARTS) is 1. The number of nitrogens with two attached hydrogens (primary N) is 1. The van der Waals surface area contributed by atoms with Gasteiger partial charge in [-0.3, -0.25) is 14.4 Å². The number of carbonyl (C=O) groups is 3. The summed E-state index contributed by atoms with van der Waals surface area (Å²) in [5.41, 5.74) is 1.36. The largest absolute Gasteiger partial charge is 0.493 e. The Balaban J connectivity index is 2.50. The van der Waals surface area contributed by atoms with Crippen LogP contribution in [-0.4, -0.2) is 36.0 Å². The monoisotopic (exact) mass is 443 g/mol. The van der Waals surface area contributed by atoms with E-state index in [0.717, 1.165) is 10.6 Å². The molecule has 0 bridgehead atoms. The van der Waals surface area contributed by atoms with Crippen LogP contribution in [0.1, 0.15) is 24.8 Å². The third kappa shape index (κ3) is 8.55. The number of aryl methyl sites for hydroxylation is 1. The summed E-state index contributed by atoms with van der Waals surface area (Å²) in [4.78, 5) is 34.2. The first-order valence-electron chi connectivity index (χ1n) is 8.65. The van der Waals surface area contributed by atoms with Crippen LogP contribution in [0.3, 0.4) is 0 Å². The lowest BCUT2D eigenvalue weighted by atomic mass is 10.2. The van der Waals surface area contributed by atoms with Crippen molar-refractivity contribution in [2.24, 2.45) is 5.84 Å². The molecule has 29 heavy (non-hydrogen) atoms. The molecule has 1 aromatic rings. The van der Waals surface area contributed by atoms with Gasteiger partial charge < -0.3 is 15.2 Å². The minimum Gasteiger partial charge on any atom is -0.493 e. The lowest BCUT2D eigenvalue weighted by Crippen LogP contribution is -2.37. The van der Waals surface area contributed by atoms with Crippen LogP contribution in [0, 0.1) is 6.92 Å². The summed E-state index contributed by atoms with van der Waals surface area (Å²) in [7, 11) is 0. The average molecular weight is 444 g/mol. The molecule has 0 fully saturated rings. The second kappa shape index (κ2) is 12.1. The van der Waals surface area contributed by atoms with E-state index in [4.69, 9.17) is 38.9 Å². The number of halogens is 2. The Bertz CT molecular complexity index is 811. The van der Waals surface area contributed by atoms with E-state index in [1.54, 1.807) is 18.2 Å². The van der Waals surface area contributed by atoms with Gasteiger partial charge in [0.05, 0.1) is 18.7 Å². The molecule has 0 aliphatic carbocycles. The number of hydrazine groups is 1. The zero-order valence-corrected chi connectivity index (χ0v) is 17.4. The molecule has 10 heteroatoms. The fraction of sp³-hybridized carbons (Fsp3) is 0.316. The second-order valence-electron chi connectivity index (χ2n) is 6.01. The smallest absolute Gasteiger partial charge is 0.303 e. The minimum absolute atomic E-state index is 0.0140. The number of nitrogens with zero attached hydrogens (tertiary/aromatic N) is 1. The number of aliphatic carboxylic acids is 1. The van der Waals surface area contributed by atoms with Crippen molar-refractivity contribution in [2.45, 2.75) is 26.2 Å². The van der Waals surface area contributed by atoms with E-state index < -0.39 is 11.9 Å². The van der Waals surface area contributed by atoms with Crippen LogP contribution in [-0.2, 0) is 19.1 Å². The summed E-state index contributed by atoms with van der Waals surface area (Å²) in [5, 5.41) is 11.4. The van der Waals surface area contributed by atoms with Crippen LogP contribution in [0.5, 0.6) is 0 Å². The molecule has 0 atom stereocenters. The van der Waals surface area contributed by atoms with Crippen molar-refractivity contribution in [3.8, 4) is 0 Å². The zero-order valence-electron chi connectivity index (χ0n) is 15.9. The topological polar surface area (TPSA) is 122 Å². The molecule has 4 N–H and O–H groups in total. The fourth-order valence-electron chi connectivity index (χ4n) is 2.08. The number of hydrogen-bond donors (Lipinski definition) is 3. The first kappa shape index (κ1) is 24.5. The number of ether oxygens (including phenoxy) is 1. The van der Waals surface area contributed by atoms with E-state index in [1.165, 1.54) is 0 Å². The van der Waals surface area contributed by atoms with Gasteiger partial charge >= 0.3 is 5.97 Å². The van der Waals surface area contributed by atoms with Crippen molar-refractivity contribution in [1.82, 2.24) is 5.32 Å². The molecule has 2 amide bonds. The Morgan fingerprint density at radius 3 is 2.55 bits per heavy atom. The summed E-state index contributed by atoms with van der Waals surface area (Å²) < 4.78 is 5.33. The second-order valence-corrected chi connectivity index (χ2v) is 6.77. The van der Waals surface area contributed by atoms with Crippen molar-refractivity contribution < 1.29 is 24.2 Å². The molecule has 0 aliphatic rings. The van der Waals surface area contributed by atoms with Gasteiger partial charge in [-0.1, -0.05) is 41.9 Å². The molecule has 8 nitrogen and oxygen atoms in total. The van der Waals surface area contributed by atoms with Crippen LogP contribution in [0.15, 0.2) is 46.7 Å². The first-order valence-corrected chi connectivity index (χ1v) is 9.40. The predicted octanol–water partition coefficient (Wildman–Crippen LogP) is 2.79. The van der Waals surface area contributed by atoms with Crippen molar-refractivity contribution >= 4 is 46.7 Å². The summed E-state index contributed by atoms with van der Waals surface area (Å²) in [5.74, 6) is 3.68. The van der Waals surface area contributed by atoms with Crippen LogP contribution in [0.2, 0.25) is 0 Å². The molecule has 0 aromatic heterocycles. The van der Waals surface area contributed by atoms with Gasteiger partial charge in [0.25, 0.3) is 5.91 Å². The maximum absolute atomic E-state index is 12.4. The summed E-state index contributed by atoms with van der Waals surface area (Å²) in [6, 6.07) is 6.97. The number of anilines is 1. The molecular weight excluding hydrogens is 421 g/mol. The number of rotatable bonds is 11. The van der Waals surface area contributed by atoms with Crippen LogP contribution in [0.25, 0.3) is 0 Å². The molecular formula is C19H23Cl2N3O5. The predicted molar refractivity (Wildman–Crippen MR) is 111 cm³/mol. The number of amides is 2. The molecule has 0 aliphatic heterocycles. The maximum atomic E-state index is 12.4. The van der Waals surface area contributed by atoms with Crippen molar-refractivity contribution in [1.29, 1.82) is 0 Å². The Labute approximate surface area is 178 Å². The quantitative estimate of drug-likeness (QED) is 0.0918. The number of hydrogen-bond acceptors (Lipinski definition) is 5. The van der Waals surface area contributed by atoms with Gasteiger partial charge in [-0.05, 0) is 31.0 Å². The molecule has 0 spiro atoms. The number of carboxylic acids is 1. The molecule has 0 unspecified atom stereocenters. The highest BCUT2D eigenvalue weighted by molar-refractivity contribution is 6.50. The number of allylic oxidation sites excluding steroid dienone is 1. The number of carbonyl (C=O) groups excluding carboxylic acids is 2. The first-order chi connectivity index (χ1) is 13.6. The summed E-state index contributed by atoms with van der Waals surface area (Å²) in [6.07, 6.45) is 0.0956. The van der Waals surface area contributed by atoms with Crippen LogP contribution >= 0.6 is 23.2 Å². The lowest BCUT2D eigenvalue weighted by molar-refractivity contribution is -0.138. The highest BCUT2D eigenvalue weighted by atomic mass is 35.5. The van der Waals surface area contributed by atoms with E-state index in [1.807, 2.05) is 13.0 Å². The van der Waals surface area contributed by atoms with Gasteiger partial charge in [0.2, 0.25) is 5.91 Å². The van der Waals surface area contributed by atoms with Gasteiger partial charge in [0.1, 0.15) is 15.8 Å². The standard InChI is InChI=1S/C19H23Cl2N3O5/c1-12-5-3-6-14(11-12)24(22)19(28)18(21)17(20)13(2)29-10-4-9-23-15(25)7-8-16(26)27/h3,5-6,11H,2,4,7-10,22H2,1H3,(H,23,25)(H,26,27)/b18-17-. The van der Waals surface area contributed by atoms with Gasteiger partial charge in [0, 0.05) is 13.0 Å². The highest BCUT2D eigenvalue weighted by Gasteiger charge is 2.21. The van der Waals surface area contributed by atoms with Gasteiger partial charge in [-0.15, -0.1) is 0 Å². The summed E-state index contributed by atoms with van der Waals surface area (Å²) in [6.45, 7) is 5.91. The lowest BCUT2D eigenvalue weighted by Gasteiger charge is -2.18.